The molecule has 4 nitrogen and oxygen atoms in total. The van der Waals surface area contributed by atoms with Gasteiger partial charge in [-0.25, -0.2) is 10.4 Å². The topological polar surface area (TPSA) is 54.2 Å². The summed E-state index contributed by atoms with van der Waals surface area (Å²) in [7, 11) is 0. The molecule has 0 aromatic carbocycles. The van der Waals surface area contributed by atoms with Crippen molar-refractivity contribution in [3.8, 4) is 0 Å². The van der Waals surface area contributed by atoms with Crippen LogP contribution in [0.25, 0.3) is 0 Å². The molecule has 3 aliphatic rings. The van der Waals surface area contributed by atoms with Crippen molar-refractivity contribution in [2.24, 2.45) is 17.7 Å². The minimum absolute atomic E-state index is 0.0265. The Balaban J connectivity index is 1.54. The number of hydrazine groups is 1. The Kier molecular flexibility index (Phi) is 1.86. The summed E-state index contributed by atoms with van der Waals surface area (Å²) >= 11 is 0. The van der Waals surface area contributed by atoms with Crippen molar-refractivity contribution >= 4 is 5.82 Å². The third-order valence-corrected chi connectivity index (χ3v) is 4.63. The second kappa shape index (κ2) is 3.21. The molecular formula is C13H18N4. The summed E-state index contributed by atoms with van der Waals surface area (Å²) in [4.78, 5) is 7.02. The number of nitrogens with one attached hydrogen (secondary N) is 1. The zero-order valence-corrected chi connectivity index (χ0v) is 9.89. The van der Waals surface area contributed by atoms with E-state index >= 15 is 0 Å². The lowest BCUT2D eigenvalue weighted by molar-refractivity contribution is 0.539. The monoisotopic (exact) mass is 230 g/mol. The van der Waals surface area contributed by atoms with E-state index in [1.54, 1.807) is 0 Å². The summed E-state index contributed by atoms with van der Waals surface area (Å²) in [6, 6.07) is 4.33. The first-order valence-electron chi connectivity index (χ1n) is 6.50. The lowest BCUT2D eigenvalue weighted by atomic mass is 10.1. The van der Waals surface area contributed by atoms with Gasteiger partial charge in [-0.15, -0.1) is 0 Å². The standard InChI is InChI=1S/C13H18N4/c14-16-13(3-4-13)11-1-2-12(15-6-11)17-7-9-5-10(9)8-17/h1-2,6,9-10,16H,3-5,7-8,14H2. The highest BCUT2D eigenvalue weighted by molar-refractivity contribution is 5.44. The summed E-state index contributed by atoms with van der Waals surface area (Å²) in [6.07, 6.45) is 5.68. The first-order chi connectivity index (χ1) is 8.31. The third kappa shape index (κ3) is 1.47. The molecule has 4 heteroatoms. The Morgan fingerprint density at radius 1 is 1.29 bits per heavy atom. The van der Waals surface area contributed by atoms with Gasteiger partial charge in [0.25, 0.3) is 0 Å². The molecule has 2 heterocycles. The third-order valence-electron chi connectivity index (χ3n) is 4.63. The van der Waals surface area contributed by atoms with Crippen molar-refractivity contribution in [1.29, 1.82) is 0 Å². The summed E-state index contributed by atoms with van der Waals surface area (Å²) in [5, 5.41) is 0. The summed E-state index contributed by atoms with van der Waals surface area (Å²) in [6.45, 7) is 2.41. The smallest absolute Gasteiger partial charge is 0.128 e. The van der Waals surface area contributed by atoms with E-state index in [1.165, 1.54) is 25.1 Å². The molecular weight excluding hydrogens is 212 g/mol. The van der Waals surface area contributed by atoms with Gasteiger partial charge in [0, 0.05) is 19.3 Å². The number of pyridine rings is 1. The number of rotatable bonds is 3. The zero-order valence-electron chi connectivity index (χ0n) is 9.89. The Labute approximate surface area is 101 Å². The lowest BCUT2D eigenvalue weighted by Gasteiger charge is -2.20. The van der Waals surface area contributed by atoms with Gasteiger partial charge in [-0.05, 0) is 42.7 Å². The van der Waals surface area contributed by atoms with E-state index in [0.29, 0.717) is 0 Å². The number of nitrogens with two attached hydrogens (primary N) is 1. The van der Waals surface area contributed by atoms with Crippen LogP contribution in [0.2, 0.25) is 0 Å². The largest absolute Gasteiger partial charge is 0.356 e. The SMILES string of the molecule is NNC1(c2ccc(N3CC4CC4C3)nc2)CC1. The van der Waals surface area contributed by atoms with Crippen molar-refractivity contribution in [3.63, 3.8) is 0 Å². The normalized spacial score (nSPS) is 32.4. The molecule has 0 amide bonds. The molecule has 2 saturated carbocycles. The van der Waals surface area contributed by atoms with Crippen LogP contribution in [0.1, 0.15) is 24.8 Å². The van der Waals surface area contributed by atoms with Gasteiger partial charge in [-0.3, -0.25) is 5.84 Å². The average molecular weight is 230 g/mol. The summed E-state index contributed by atoms with van der Waals surface area (Å²) < 4.78 is 0. The highest BCUT2D eigenvalue weighted by Gasteiger charge is 2.46. The fourth-order valence-electron chi connectivity index (χ4n) is 3.08. The second-order valence-electron chi connectivity index (χ2n) is 5.79. The molecule has 0 spiro atoms. The molecule has 2 aliphatic carbocycles. The first kappa shape index (κ1) is 9.85. The highest BCUT2D eigenvalue weighted by atomic mass is 15.3. The Morgan fingerprint density at radius 3 is 2.59 bits per heavy atom. The van der Waals surface area contributed by atoms with Crippen LogP contribution in [0.15, 0.2) is 18.3 Å². The molecule has 1 saturated heterocycles. The van der Waals surface area contributed by atoms with E-state index in [2.05, 4.69) is 27.4 Å². The van der Waals surface area contributed by atoms with Gasteiger partial charge >= 0.3 is 0 Å². The van der Waals surface area contributed by atoms with Crippen molar-refractivity contribution < 1.29 is 0 Å². The van der Waals surface area contributed by atoms with E-state index in [1.807, 2.05) is 6.20 Å². The molecule has 3 N–H and O–H groups in total. The Hall–Kier alpha value is -1.13. The number of hydrogen-bond acceptors (Lipinski definition) is 4. The lowest BCUT2D eigenvalue weighted by Crippen LogP contribution is -2.35. The Morgan fingerprint density at radius 2 is 2.06 bits per heavy atom. The fraction of sp³-hybridized carbons (Fsp3) is 0.615. The number of hydrogen-bond donors (Lipinski definition) is 2. The Bertz CT molecular complexity index is 427. The summed E-state index contributed by atoms with van der Waals surface area (Å²) in [5.74, 6) is 8.64. The minimum atomic E-state index is 0.0265. The molecule has 1 aliphatic heterocycles. The molecule has 3 fully saturated rings. The van der Waals surface area contributed by atoms with Crippen molar-refractivity contribution in [3.05, 3.63) is 23.9 Å². The van der Waals surface area contributed by atoms with Gasteiger partial charge in [-0.2, -0.15) is 0 Å². The van der Waals surface area contributed by atoms with Crippen molar-refractivity contribution in [2.45, 2.75) is 24.8 Å². The fourth-order valence-corrected chi connectivity index (χ4v) is 3.08. The number of fused-ring (bicyclic) bond motifs is 1. The van der Waals surface area contributed by atoms with Crippen LogP contribution < -0.4 is 16.2 Å². The molecule has 0 radical (unpaired) electrons. The van der Waals surface area contributed by atoms with Crippen molar-refractivity contribution in [1.82, 2.24) is 10.4 Å². The number of piperidine rings is 1. The average Bonchev–Trinajstić information content (AvgIpc) is 3.29. The molecule has 1 aromatic rings. The van der Waals surface area contributed by atoms with Crippen LogP contribution in [0.5, 0.6) is 0 Å². The van der Waals surface area contributed by atoms with Gasteiger partial charge in [0.15, 0.2) is 0 Å². The molecule has 17 heavy (non-hydrogen) atoms. The maximum Gasteiger partial charge on any atom is 0.128 e. The molecule has 0 bridgehead atoms. The predicted octanol–water partition coefficient (Wildman–Crippen LogP) is 0.990. The molecule has 1 aromatic heterocycles. The molecule has 4 rings (SSSR count). The van der Waals surface area contributed by atoms with Gasteiger partial charge in [-0.1, -0.05) is 6.07 Å². The molecule has 2 unspecified atom stereocenters. The van der Waals surface area contributed by atoms with Gasteiger partial charge in [0.1, 0.15) is 5.82 Å². The van der Waals surface area contributed by atoms with E-state index in [4.69, 9.17) is 5.84 Å². The van der Waals surface area contributed by atoms with Crippen LogP contribution in [0.3, 0.4) is 0 Å². The van der Waals surface area contributed by atoms with Crippen LogP contribution in [0.4, 0.5) is 5.82 Å². The number of nitrogens with zero attached hydrogens (tertiary/aromatic N) is 2. The number of aromatic nitrogens is 1. The zero-order chi connectivity index (χ0) is 11.5. The molecule has 90 valence electrons. The van der Waals surface area contributed by atoms with Crippen LogP contribution in [-0.4, -0.2) is 18.1 Å². The minimum Gasteiger partial charge on any atom is -0.356 e. The highest BCUT2D eigenvalue weighted by Crippen LogP contribution is 2.47. The van der Waals surface area contributed by atoms with E-state index in [9.17, 15) is 0 Å². The van der Waals surface area contributed by atoms with Crippen LogP contribution >= 0.6 is 0 Å². The second-order valence-corrected chi connectivity index (χ2v) is 5.79. The summed E-state index contributed by atoms with van der Waals surface area (Å²) in [5.41, 5.74) is 4.17. The molecule has 2 atom stereocenters. The number of anilines is 1. The van der Waals surface area contributed by atoms with Crippen molar-refractivity contribution in [2.75, 3.05) is 18.0 Å². The van der Waals surface area contributed by atoms with E-state index in [0.717, 1.165) is 30.5 Å². The first-order valence-corrected chi connectivity index (χ1v) is 6.50. The van der Waals surface area contributed by atoms with Crippen LogP contribution in [-0.2, 0) is 5.54 Å². The predicted molar refractivity (Wildman–Crippen MR) is 66.3 cm³/mol. The maximum absolute atomic E-state index is 5.60. The quantitative estimate of drug-likeness (QED) is 0.600. The van der Waals surface area contributed by atoms with Gasteiger partial charge < -0.3 is 4.90 Å². The van der Waals surface area contributed by atoms with E-state index in [-0.39, 0.29) is 5.54 Å². The maximum atomic E-state index is 5.60. The van der Waals surface area contributed by atoms with Gasteiger partial charge in [0.2, 0.25) is 0 Å². The van der Waals surface area contributed by atoms with Crippen LogP contribution in [0, 0.1) is 11.8 Å². The van der Waals surface area contributed by atoms with Gasteiger partial charge in [0.05, 0.1) is 5.54 Å². The van der Waals surface area contributed by atoms with E-state index < -0.39 is 0 Å².